The van der Waals surface area contributed by atoms with Gasteiger partial charge in [-0.3, -0.25) is 9.59 Å². The number of hydrogen-bond acceptors (Lipinski definition) is 3. The summed E-state index contributed by atoms with van der Waals surface area (Å²) in [6.07, 6.45) is 1.37. The summed E-state index contributed by atoms with van der Waals surface area (Å²) in [4.78, 5) is 36.9. The SMILES string of the molecule is O=C(CN1C(=O)N/C(=C/c2ccc(F)cc2)C1=O)Nc1ccccc1F. The number of rotatable bonds is 4. The third kappa shape index (κ3) is 3.75. The number of carbonyl (C=O) groups excluding carboxylic acids is 3. The molecular weight excluding hydrogens is 344 g/mol. The molecule has 0 saturated carbocycles. The average molecular weight is 357 g/mol. The Morgan fingerprint density at radius 2 is 1.77 bits per heavy atom. The number of hydrogen-bond donors (Lipinski definition) is 2. The van der Waals surface area contributed by atoms with Gasteiger partial charge in [0.1, 0.15) is 23.9 Å². The van der Waals surface area contributed by atoms with Crippen molar-refractivity contribution in [3.8, 4) is 0 Å². The van der Waals surface area contributed by atoms with Crippen LogP contribution in [0.5, 0.6) is 0 Å². The molecule has 1 aliphatic heterocycles. The van der Waals surface area contributed by atoms with E-state index >= 15 is 0 Å². The molecule has 0 atom stereocenters. The monoisotopic (exact) mass is 357 g/mol. The second-order valence-electron chi connectivity index (χ2n) is 5.46. The van der Waals surface area contributed by atoms with E-state index in [1.807, 2.05) is 0 Å². The Balaban J connectivity index is 1.70. The van der Waals surface area contributed by atoms with Gasteiger partial charge in [0.25, 0.3) is 5.91 Å². The van der Waals surface area contributed by atoms with Crippen LogP contribution in [0, 0.1) is 11.6 Å². The van der Waals surface area contributed by atoms with Crippen LogP contribution in [0.4, 0.5) is 19.3 Å². The van der Waals surface area contributed by atoms with Crippen molar-refractivity contribution in [2.24, 2.45) is 0 Å². The summed E-state index contributed by atoms with van der Waals surface area (Å²) < 4.78 is 26.5. The van der Waals surface area contributed by atoms with E-state index in [1.165, 1.54) is 54.6 Å². The molecule has 2 aromatic rings. The fourth-order valence-corrected chi connectivity index (χ4v) is 2.34. The zero-order chi connectivity index (χ0) is 18.7. The molecule has 1 aliphatic rings. The number of amides is 4. The summed E-state index contributed by atoms with van der Waals surface area (Å²) in [5.41, 5.74) is 0.416. The van der Waals surface area contributed by atoms with Crippen LogP contribution in [0.1, 0.15) is 5.56 Å². The number of para-hydroxylation sites is 1. The van der Waals surface area contributed by atoms with Gasteiger partial charge in [0, 0.05) is 0 Å². The minimum absolute atomic E-state index is 0.0414. The predicted octanol–water partition coefficient (Wildman–Crippen LogP) is 2.50. The normalized spacial score (nSPS) is 15.3. The maximum atomic E-state index is 13.5. The van der Waals surface area contributed by atoms with Crippen molar-refractivity contribution in [1.29, 1.82) is 0 Å². The molecule has 0 bridgehead atoms. The summed E-state index contributed by atoms with van der Waals surface area (Å²) in [5, 5.41) is 4.65. The highest BCUT2D eigenvalue weighted by molar-refractivity contribution is 6.15. The van der Waals surface area contributed by atoms with Crippen LogP contribution in [0.25, 0.3) is 6.08 Å². The molecule has 8 heteroatoms. The maximum Gasteiger partial charge on any atom is 0.329 e. The van der Waals surface area contributed by atoms with Gasteiger partial charge in [0.15, 0.2) is 0 Å². The maximum absolute atomic E-state index is 13.5. The van der Waals surface area contributed by atoms with Crippen LogP contribution < -0.4 is 10.6 Å². The average Bonchev–Trinajstić information content (AvgIpc) is 2.86. The lowest BCUT2D eigenvalue weighted by Gasteiger charge is -2.12. The summed E-state index contributed by atoms with van der Waals surface area (Å²) in [5.74, 6) is -2.49. The predicted molar refractivity (Wildman–Crippen MR) is 89.7 cm³/mol. The van der Waals surface area contributed by atoms with Crippen LogP contribution in [0.2, 0.25) is 0 Å². The number of benzene rings is 2. The molecule has 1 fully saturated rings. The number of nitrogens with zero attached hydrogens (tertiary/aromatic N) is 1. The van der Waals surface area contributed by atoms with Gasteiger partial charge in [0.2, 0.25) is 5.91 Å². The number of halogens is 2. The van der Waals surface area contributed by atoms with Gasteiger partial charge in [-0.1, -0.05) is 24.3 Å². The quantitative estimate of drug-likeness (QED) is 0.652. The van der Waals surface area contributed by atoms with Crippen molar-refractivity contribution in [2.45, 2.75) is 0 Å². The highest BCUT2D eigenvalue weighted by Gasteiger charge is 2.34. The molecule has 132 valence electrons. The molecular formula is C18H13F2N3O3. The van der Waals surface area contributed by atoms with Gasteiger partial charge in [-0.2, -0.15) is 0 Å². The van der Waals surface area contributed by atoms with E-state index in [2.05, 4.69) is 10.6 Å². The Labute approximate surface area is 147 Å². The first-order valence-electron chi connectivity index (χ1n) is 7.58. The second kappa shape index (κ2) is 7.14. The molecule has 1 saturated heterocycles. The van der Waals surface area contributed by atoms with E-state index in [4.69, 9.17) is 0 Å². The molecule has 2 N–H and O–H groups in total. The van der Waals surface area contributed by atoms with Crippen LogP contribution in [-0.2, 0) is 9.59 Å². The molecule has 6 nitrogen and oxygen atoms in total. The molecule has 4 amide bonds. The topological polar surface area (TPSA) is 78.5 Å². The van der Waals surface area contributed by atoms with E-state index in [1.54, 1.807) is 0 Å². The first-order chi connectivity index (χ1) is 12.4. The molecule has 0 spiro atoms. The summed E-state index contributed by atoms with van der Waals surface area (Å²) in [6.45, 7) is -0.570. The number of carbonyl (C=O) groups is 3. The Morgan fingerprint density at radius 1 is 1.08 bits per heavy atom. The van der Waals surface area contributed by atoms with Gasteiger partial charge in [-0.15, -0.1) is 0 Å². The van der Waals surface area contributed by atoms with E-state index in [0.29, 0.717) is 10.5 Å². The fraction of sp³-hybridized carbons (Fsp3) is 0.0556. The van der Waals surface area contributed by atoms with Crippen LogP contribution in [0.15, 0.2) is 54.2 Å². The van der Waals surface area contributed by atoms with Gasteiger partial charge in [-0.25, -0.2) is 18.5 Å². The van der Waals surface area contributed by atoms with Crippen molar-refractivity contribution >= 4 is 29.6 Å². The van der Waals surface area contributed by atoms with Crippen molar-refractivity contribution in [1.82, 2.24) is 10.2 Å². The summed E-state index contributed by atoms with van der Waals surface area (Å²) >= 11 is 0. The third-order valence-corrected chi connectivity index (χ3v) is 3.59. The van der Waals surface area contributed by atoms with Gasteiger partial charge in [0.05, 0.1) is 5.69 Å². The lowest BCUT2D eigenvalue weighted by atomic mass is 10.2. The van der Waals surface area contributed by atoms with Gasteiger partial charge >= 0.3 is 6.03 Å². The van der Waals surface area contributed by atoms with Crippen molar-refractivity contribution in [2.75, 3.05) is 11.9 Å². The van der Waals surface area contributed by atoms with Crippen LogP contribution in [0.3, 0.4) is 0 Å². The van der Waals surface area contributed by atoms with Crippen molar-refractivity contribution in [3.63, 3.8) is 0 Å². The highest BCUT2D eigenvalue weighted by atomic mass is 19.1. The molecule has 1 heterocycles. The first-order valence-corrected chi connectivity index (χ1v) is 7.58. The fourth-order valence-electron chi connectivity index (χ4n) is 2.34. The Kier molecular flexibility index (Phi) is 4.74. The van der Waals surface area contributed by atoms with Crippen molar-refractivity contribution in [3.05, 3.63) is 71.4 Å². The Bertz CT molecular complexity index is 910. The van der Waals surface area contributed by atoms with E-state index in [0.717, 1.165) is 0 Å². The second-order valence-corrected chi connectivity index (χ2v) is 5.46. The summed E-state index contributed by atoms with van der Waals surface area (Å²) in [6, 6.07) is 10.1. The highest BCUT2D eigenvalue weighted by Crippen LogP contribution is 2.16. The zero-order valence-electron chi connectivity index (χ0n) is 13.3. The standard InChI is InChI=1S/C18H13F2N3O3/c19-12-7-5-11(6-8-12)9-15-17(25)23(18(26)22-15)10-16(24)21-14-4-2-1-3-13(14)20/h1-9H,10H2,(H,21,24)(H,22,26)/b15-9+. The van der Waals surface area contributed by atoms with E-state index in [9.17, 15) is 23.2 Å². The van der Waals surface area contributed by atoms with Crippen LogP contribution >= 0.6 is 0 Å². The van der Waals surface area contributed by atoms with Gasteiger partial charge < -0.3 is 10.6 Å². The first kappa shape index (κ1) is 17.3. The number of anilines is 1. The molecule has 0 aliphatic carbocycles. The van der Waals surface area contributed by atoms with Gasteiger partial charge in [-0.05, 0) is 35.9 Å². The van der Waals surface area contributed by atoms with E-state index in [-0.39, 0.29) is 11.4 Å². The minimum atomic E-state index is -0.771. The molecule has 0 aromatic heterocycles. The molecule has 0 radical (unpaired) electrons. The smallest absolute Gasteiger partial charge is 0.322 e. The third-order valence-electron chi connectivity index (χ3n) is 3.59. The molecule has 0 unspecified atom stereocenters. The lowest BCUT2D eigenvalue weighted by Crippen LogP contribution is -2.38. The van der Waals surface area contributed by atoms with Crippen LogP contribution in [-0.4, -0.2) is 29.3 Å². The van der Waals surface area contributed by atoms with Crippen molar-refractivity contribution < 1.29 is 23.2 Å². The summed E-state index contributed by atoms with van der Waals surface area (Å²) in [7, 11) is 0. The number of imide groups is 1. The van der Waals surface area contributed by atoms with E-state index < -0.39 is 36.0 Å². The largest absolute Gasteiger partial charge is 0.329 e. The number of urea groups is 1. The Hall–Kier alpha value is -3.55. The number of nitrogens with one attached hydrogen (secondary N) is 2. The Morgan fingerprint density at radius 3 is 2.46 bits per heavy atom. The molecule has 26 heavy (non-hydrogen) atoms. The zero-order valence-corrected chi connectivity index (χ0v) is 13.3. The lowest BCUT2D eigenvalue weighted by molar-refractivity contribution is -0.127. The molecule has 3 rings (SSSR count). The molecule has 2 aromatic carbocycles. The minimum Gasteiger partial charge on any atom is -0.322 e.